The predicted octanol–water partition coefficient (Wildman–Crippen LogP) is 4.24. The van der Waals surface area contributed by atoms with Crippen LogP contribution in [0.3, 0.4) is 0 Å². The molecule has 10 heteroatoms. The zero-order valence-electron chi connectivity index (χ0n) is 29.6. The minimum Gasteiger partial charge on any atom is -0.454 e. The van der Waals surface area contributed by atoms with E-state index in [1.165, 1.54) is 0 Å². The van der Waals surface area contributed by atoms with Gasteiger partial charge in [0.15, 0.2) is 0 Å². The van der Waals surface area contributed by atoms with Crippen LogP contribution in [-0.4, -0.2) is 94.3 Å². The number of carbonyl (C=O) groups excluding carboxylic acids is 2. The van der Waals surface area contributed by atoms with Gasteiger partial charge in [0.05, 0.1) is 29.2 Å². The van der Waals surface area contributed by atoms with E-state index in [0.717, 1.165) is 18.7 Å². The fraction of sp³-hybridized carbons (Fsp3) is 0.625. The summed E-state index contributed by atoms with van der Waals surface area (Å²) >= 11 is 0. The molecule has 7 fully saturated rings. The SMILES string of the molecule is CCN1C[C@]2(OC(=O)c3ccccc3NC(=O)/C(C)=C/c3cccc(C)n3)CC[C@H](OC)[C@]34C1[C@@H](C[C@H]23)[C@@]1(O)C[C@H](OC)C2[C@H]3C[C@@H]4[C@]1(O)[C@@H]23. The first-order valence-corrected chi connectivity index (χ1v) is 18.5. The quantitative estimate of drug-likeness (QED) is 0.276. The summed E-state index contributed by atoms with van der Waals surface area (Å²) in [6.07, 6.45) is 4.79. The molecule has 1 saturated heterocycles. The number of pyridine rings is 1. The number of hydrogen-bond acceptors (Lipinski definition) is 9. The van der Waals surface area contributed by atoms with Crippen molar-refractivity contribution in [3.05, 3.63) is 65.0 Å². The zero-order chi connectivity index (χ0) is 35.0. The number of ether oxygens (including phenoxy) is 3. The zero-order valence-corrected chi connectivity index (χ0v) is 29.6. The van der Waals surface area contributed by atoms with Crippen molar-refractivity contribution in [2.24, 2.45) is 40.9 Å². The predicted molar refractivity (Wildman–Crippen MR) is 185 cm³/mol. The molecule has 2 heterocycles. The third-order valence-electron chi connectivity index (χ3n) is 14.8. The molecule has 1 amide bonds. The average molecular weight is 684 g/mol. The minimum atomic E-state index is -1.29. The maximum absolute atomic E-state index is 14.5. The van der Waals surface area contributed by atoms with Gasteiger partial charge in [-0.2, -0.15) is 0 Å². The Morgan fingerprint density at radius 1 is 1.08 bits per heavy atom. The highest BCUT2D eigenvalue weighted by Gasteiger charge is 2.92. The number of aliphatic hydroxyl groups is 2. The number of anilines is 1. The number of likely N-dealkylation sites (tertiary alicyclic amines) is 1. The van der Waals surface area contributed by atoms with E-state index in [1.807, 2.05) is 25.1 Å². The number of piperidine rings is 1. The van der Waals surface area contributed by atoms with Crippen molar-refractivity contribution in [1.29, 1.82) is 0 Å². The number of esters is 1. The molecule has 1 aromatic carbocycles. The van der Waals surface area contributed by atoms with E-state index in [4.69, 9.17) is 14.2 Å². The molecule has 6 saturated carbocycles. The molecule has 0 radical (unpaired) electrons. The van der Waals surface area contributed by atoms with Crippen molar-refractivity contribution in [1.82, 2.24) is 9.88 Å². The molecule has 5 bridgehead atoms. The summed E-state index contributed by atoms with van der Waals surface area (Å²) < 4.78 is 19.3. The van der Waals surface area contributed by atoms with Gasteiger partial charge < -0.3 is 29.7 Å². The fourth-order valence-electron chi connectivity index (χ4n) is 13.3. The number of hydrogen-bond donors (Lipinski definition) is 3. The third kappa shape index (κ3) is 3.95. The number of nitrogens with one attached hydrogen (secondary N) is 1. The summed E-state index contributed by atoms with van der Waals surface area (Å²) in [4.78, 5) is 34.8. The number of carbonyl (C=O) groups is 2. The lowest BCUT2D eigenvalue weighted by molar-refractivity contribution is -0.333. The standard InChI is InChI=1S/C40H49N3O7/c1-6-43-20-37(50-36(45)24-12-7-8-13-27(24)42-35(44)21(2)16-23-11-9-10-22(3)41-23)15-14-31(49-5)39-29(37)18-26(34(39)43)38(46)19-28(48-4)32-25-17-30(39)40(38,47)33(25)32/h7-13,16,25-26,28-34,46-47H,6,14-15,17-20H2,1-5H3,(H,42,44)/b21-16+/t25-,26-,28+,29-,30+,31+,32?,33-,34?,37-,38+,39+,40+/m1/s1. The van der Waals surface area contributed by atoms with E-state index in [2.05, 4.69) is 22.1 Å². The number of rotatable bonds is 8. The molecule has 13 atom stereocenters. The second-order valence-electron chi connectivity index (χ2n) is 16.4. The lowest BCUT2D eigenvalue weighted by atomic mass is 9.42. The fourth-order valence-corrected chi connectivity index (χ4v) is 13.3. The van der Waals surface area contributed by atoms with Gasteiger partial charge in [0.25, 0.3) is 5.91 Å². The van der Waals surface area contributed by atoms with Crippen molar-refractivity contribution in [3.8, 4) is 0 Å². The second-order valence-corrected chi connectivity index (χ2v) is 16.4. The molecule has 7 aliphatic rings. The second kappa shape index (κ2) is 10.9. The van der Waals surface area contributed by atoms with Gasteiger partial charge in [-0.15, -0.1) is 0 Å². The van der Waals surface area contributed by atoms with E-state index in [9.17, 15) is 19.8 Å². The van der Waals surface area contributed by atoms with Crippen molar-refractivity contribution < 1.29 is 34.0 Å². The van der Waals surface area contributed by atoms with Gasteiger partial charge in [0, 0.05) is 67.7 Å². The molecule has 1 aromatic heterocycles. The first kappa shape index (κ1) is 32.7. The Hall–Kier alpha value is -3.15. The van der Waals surface area contributed by atoms with Crippen LogP contribution in [0.2, 0.25) is 0 Å². The Morgan fingerprint density at radius 2 is 1.88 bits per heavy atom. The van der Waals surface area contributed by atoms with Crippen LogP contribution in [0.25, 0.3) is 6.08 Å². The first-order valence-electron chi connectivity index (χ1n) is 18.5. The number of para-hydroxylation sites is 1. The molecular weight excluding hydrogens is 634 g/mol. The number of fused-ring (bicyclic) bond motifs is 2. The Morgan fingerprint density at radius 3 is 2.62 bits per heavy atom. The average Bonchev–Trinajstić information content (AvgIpc) is 3.64. The summed E-state index contributed by atoms with van der Waals surface area (Å²) in [5.74, 6) is -0.645. The van der Waals surface area contributed by atoms with Crippen LogP contribution >= 0.6 is 0 Å². The highest BCUT2D eigenvalue weighted by atomic mass is 16.6. The highest BCUT2D eigenvalue weighted by Crippen LogP contribution is 2.84. The van der Waals surface area contributed by atoms with Crippen LogP contribution < -0.4 is 5.32 Å². The molecule has 1 spiro atoms. The van der Waals surface area contributed by atoms with Crippen LogP contribution in [0.1, 0.15) is 67.7 Å². The number of aromatic nitrogens is 1. The lowest BCUT2D eigenvalue weighted by Crippen LogP contribution is -2.82. The van der Waals surface area contributed by atoms with Crippen LogP contribution in [0.15, 0.2) is 48.0 Å². The maximum atomic E-state index is 14.5. The van der Waals surface area contributed by atoms with Crippen molar-refractivity contribution >= 4 is 23.6 Å². The molecular formula is C40H49N3O7. The molecule has 1 aliphatic heterocycles. The van der Waals surface area contributed by atoms with Crippen LogP contribution in [0.5, 0.6) is 0 Å². The van der Waals surface area contributed by atoms with Gasteiger partial charge in [-0.3, -0.25) is 14.7 Å². The molecule has 9 rings (SSSR count). The van der Waals surface area contributed by atoms with Crippen LogP contribution in [0.4, 0.5) is 5.69 Å². The first-order chi connectivity index (χ1) is 24.0. The van der Waals surface area contributed by atoms with Gasteiger partial charge in [-0.05, 0) is 94.2 Å². The van der Waals surface area contributed by atoms with Crippen molar-refractivity contribution in [2.45, 2.75) is 87.9 Å². The van der Waals surface area contributed by atoms with E-state index in [-0.39, 0.29) is 53.7 Å². The van der Waals surface area contributed by atoms with E-state index in [0.29, 0.717) is 60.7 Å². The van der Waals surface area contributed by atoms with Gasteiger partial charge in [-0.1, -0.05) is 25.1 Å². The van der Waals surface area contributed by atoms with E-state index < -0.39 is 28.2 Å². The minimum absolute atomic E-state index is 0.000590. The van der Waals surface area contributed by atoms with Crippen LogP contribution in [-0.2, 0) is 19.0 Å². The monoisotopic (exact) mass is 683 g/mol. The molecule has 6 aliphatic carbocycles. The third-order valence-corrected chi connectivity index (χ3v) is 14.8. The number of benzene rings is 1. The van der Waals surface area contributed by atoms with Crippen molar-refractivity contribution in [3.63, 3.8) is 0 Å². The Balaban J connectivity index is 1.07. The summed E-state index contributed by atoms with van der Waals surface area (Å²) in [6, 6.07) is 12.7. The Kier molecular flexibility index (Phi) is 7.16. The molecule has 10 nitrogen and oxygen atoms in total. The topological polar surface area (TPSA) is 130 Å². The number of likely N-dealkylation sites (N-methyl/N-ethyl adjacent to an activating group) is 1. The summed E-state index contributed by atoms with van der Waals surface area (Å²) in [5, 5.41) is 28.9. The largest absolute Gasteiger partial charge is 0.454 e. The van der Waals surface area contributed by atoms with Gasteiger partial charge in [0.2, 0.25) is 0 Å². The van der Waals surface area contributed by atoms with E-state index >= 15 is 0 Å². The Bertz CT molecular complexity index is 1800. The Labute approximate surface area is 293 Å². The molecule has 2 unspecified atom stereocenters. The smallest absolute Gasteiger partial charge is 0.340 e. The summed E-state index contributed by atoms with van der Waals surface area (Å²) in [7, 11) is 3.52. The summed E-state index contributed by atoms with van der Waals surface area (Å²) in [5.41, 5.74) is -1.13. The molecule has 266 valence electrons. The summed E-state index contributed by atoms with van der Waals surface area (Å²) in [6.45, 7) is 7.06. The van der Waals surface area contributed by atoms with Crippen molar-refractivity contribution in [2.75, 3.05) is 32.6 Å². The molecule has 3 N–H and O–H groups in total. The van der Waals surface area contributed by atoms with Gasteiger partial charge >= 0.3 is 5.97 Å². The normalized spacial score (nSPS) is 44.8. The number of methoxy groups -OCH3 is 2. The molecule has 50 heavy (non-hydrogen) atoms. The van der Waals surface area contributed by atoms with E-state index in [1.54, 1.807) is 51.5 Å². The molecule has 2 aromatic rings. The van der Waals surface area contributed by atoms with Crippen LogP contribution in [0, 0.1) is 47.8 Å². The highest BCUT2D eigenvalue weighted by molar-refractivity contribution is 6.09. The van der Waals surface area contributed by atoms with Gasteiger partial charge in [0.1, 0.15) is 16.8 Å². The number of aryl methyl sites for hydroxylation is 1. The van der Waals surface area contributed by atoms with Gasteiger partial charge in [-0.25, -0.2) is 4.79 Å². The number of nitrogens with zero attached hydrogens (tertiary/aromatic N) is 2. The maximum Gasteiger partial charge on any atom is 0.340 e. The lowest BCUT2D eigenvalue weighted by Gasteiger charge is -2.71. The number of amides is 1.